The van der Waals surface area contributed by atoms with Gasteiger partial charge in [0.1, 0.15) is 11.9 Å². The van der Waals surface area contributed by atoms with E-state index in [1.165, 1.54) is 12.1 Å². The first-order valence-electron chi connectivity index (χ1n) is 11.7. The molecule has 2 bridgehead atoms. The summed E-state index contributed by atoms with van der Waals surface area (Å²) in [5.41, 5.74) is 8.36. The van der Waals surface area contributed by atoms with Crippen molar-refractivity contribution < 1.29 is 9.18 Å². The lowest BCUT2D eigenvalue weighted by atomic mass is 9.93. The third-order valence-electron chi connectivity index (χ3n) is 7.90. The Morgan fingerprint density at radius 1 is 1.28 bits per heavy atom. The zero-order chi connectivity index (χ0) is 22.7. The standard InChI is InChI=1S/C25H32FN5O/c1-14(2)24(16-4-6-18(26)7-5-16)31-20-10-23(25(31)32)29(12-20)13-21(28)15(3)30-19(11-27)8-17-9-22(17)30/h4-7,14,17,19-24H,3,8-10,12-13,28H2,1-2H3/t17?,19?,20-,21?,22?,23?,24-/m0/s1. The fraction of sp³-hybridized carbons (Fsp3) is 0.600. The average Bonchev–Trinajstić information content (AvgIpc) is 3.10. The van der Waals surface area contributed by atoms with Crippen LogP contribution in [0.15, 0.2) is 36.5 Å². The van der Waals surface area contributed by atoms with Gasteiger partial charge in [0.05, 0.1) is 24.2 Å². The van der Waals surface area contributed by atoms with Crippen LogP contribution >= 0.6 is 0 Å². The van der Waals surface area contributed by atoms with Crippen molar-refractivity contribution in [3.63, 3.8) is 0 Å². The number of carbonyl (C=O) groups is 1. The molecule has 0 radical (unpaired) electrons. The van der Waals surface area contributed by atoms with Crippen LogP contribution in [0, 0.1) is 29.0 Å². The van der Waals surface area contributed by atoms with Crippen LogP contribution < -0.4 is 5.73 Å². The van der Waals surface area contributed by atoms with Gasteiger partial charge in [-0.1, -0.05) is 32.6 Å². The predicted molar refractivity (Wildman–Crippen MR) is 119 cm³/mol. The van der Waals surface area contributed by atoms with E-state index in [1.807, 2.05) is 4.90 Å². The number of piperazine rings is 1. The Bertz CT molecular complexity index is 956. The van der Waals surface area contributed by atoms with E-state index in [9.17, 15) is 14.4 Å². The molecule has 2 N–H and O–H groups in total. The fourth-order valence-corrected chi connectivity index (χ4v) is 6.32. The molecule has 0 aromatic heterocycles. The molecule has 6 nitrogen and oxygen atoms in total. The smallest absolute Gasteiger partial charge is 0.240 e. The molecular formula is C25H32FN5O. The van der Waals surface area contributed by atoms with Crippen LogP contribution in [0.5, 0.6) is 0 Å². The van der Waals surface area contributed by atoms with Crippen LogP contribution in [0.4, 0.5) is 4.39 Å². The maximum Gasteiger partial charge on any atom is 0.240 e. The average molecular weight is 438 g/mol. The molecule has 1 aromatic rings. The molecule has 7 heteroatoms. The number of fused-ring (bicyclic) bond motifs is 3. The van der Waals surface area contributed by atoms with Gasteiger partial charge in [-0.05, 0) is 48.8 Å². The summed E-state index contributed by atoms with van der Waals surface area (Å²) in [4.78, 5) is 19.8. The first-order valence-corrected chi connectivity index (χ1v) is 11.7. The molecule has 3 saturated heterocycles. The highest BCUT2D eigenvalue weighted by atomic mass is 19.1. The summed E-state index contributed by atoms with van der Waals surface area (Å²) in [5, 5.41) is 9.49. The molecule has 170 valence electrons. The van der Waals surface area contributed by atoms with Gasteiger partial charge in [0, 0.05) is 30.9 Å². The van der Waals surface area contributed by atoms with Crippen molar-refractivity contribution >= 4 is 5.91 Å². The minimum absolute atomic E-state index is 0.0586. The number of benzene rings is 1. The molecule has 32 heavy (non-hydrogen) atoms. The van der Waals surface area contributed by atoms with E-state index in [4.69, 9.17) is 5.73 Å². The van der Waals surface area contributed by atoms with E-state index in [1.54, 1.807) is 12.1 Å². The number of piperidine rings is 1. The number of rotatable bonds is 7. The molecule has 3 heterocycles. The Labute approximate surface area is 189 Å². The largest absolute Gasteiger partial charge is 0.355 e. The van der Waals surface area contributed by atoms with Crippen molar-refractivity contribution in [1.82, 2.24) is 14.7 Å². The first kappa shape index (κ1) is 21.4. The molecule has 4 fully saturated rings. The Hall–Kier alpha value is -2.43. The molecule has 3 aliphatic heterocycles. The quantitative estimate of drug-likeness (QED) is 0.710. The van der Waals surface area contributed by atoms with Gasteiger partial charge in [-0.25, -0.2) is 4.39 Å². The molecule has 1 aromatic carbocycles. The highest BCUT2D eigenvalue weighted by molar-refractivity contribution is 5.86. The van der Waals surface area contributed by atoms with Crippen LogP contribution in [0.25, 0.3) is 0 Å². The van der Waals surface area contributed by atoms with Gasteiger partial charge in [-0.3, -0.25) is 9.69 Å². The van der Waals surface area contributed by atoms with Crippen LogP contribution in [0.1, 0.15) is 44.7 Å². The second kappa shape index (κ2) is 7.86. The number of nitriles is 1. The first-order chi connectivity index (χ1) is 15.3. The van der Waals surface area contributed by atoms with Gasteiger partial charge < -0.3 is 15.5 Å². The van der Waals surface area contributed by atoms with E-state index in [-0.39, 0.29) is 47.9 Å². The molecule has 1 saturated carbocycles. The molecular weight excluding hydrogens is 405 g/mol. The van der Waals surface area contributed by atoms with Gasteiger partial charge in [0.2, 0.25) is 5.91 Å². The Morgan fingerprint density at radius 2 is 2.00 bits per heavy atom. The highest BCUT2D eigenvalue weighted by Crippen LogP contribution is 2.49. The van der Waals surface area contributed by atoms with Gasteiger partial charge in [0.25, 0.3) is 0 Å². The molecule has 5 unspecified atom stereocenters. The summed E-state index contributed by atoms with van der Waals surface area (Å²) < 4.78 is 13.5. The maximum atomic E-state index is 13.5. The van der Waals surface area contributed by atoms with Crippen LogP contribution in [-0.4, -0.2) is 63.9 Å². The van der Waals surface area contributed by atoms with E-state index < -0.39 is 0 Å². The van der Waals surface area contributed by atoms with Crippen LogP contribution in [0.2, 0.25) is 0 Å². The molecule has 1 amide bonds. The van der Waals surface area contributed by atoms with E-state index in [2.05, 4.69) is 36.3 Å². The van der Waals surface area contributed by atoms with Gasteiger partial charge in [-0.2, -0.15) is 5.26 Å². The summed E-state index contributed by atoms with van der Waals surface area (Å²) >= 11 is 0. The molecule has 7 atom stereocenters. The van der Waals surface area contributed by atoms with Crippen molar-refractivity contribution in [1.29, 1.82) is 5.26 Å². The maximum absolute atomic E-state index is 13.5. The molecule has 1 aliphatic carbocycles. The minimum atomic E-state index is -0.288. The Balaban J connectivity index is 1.27. The fourth-order valence-electron chi connectivity index (χ4n) is 6.32. The monoisotopic (exact) mass is 437 g/mol. The lowest BCUT2D eigenvalue weighted by Gasteiger charge is -2.42. The SMILES string of the molecule is C=C(C(N)CN1C[C@@H]2CC1C(=O)N2[C@H](c1ccc(F)cc1)C(C)C)N1C(C#N)CC2CC21. The Morgan fingerprint density at radius 3 is 2.62 bits per heavy atom. The van der Waals surface area contributed by atoms with Crippen LogP contribution in [0.3, 0.4) is 0 Å². The van der Waals surface area contributed by atoms with Gasteiger partial charge in [0.15, 0.2) is 0 Å². The number of nitrogens with two attached hydrogens (primary N) is 1. The lowest BCUT2D eigenvalue weighted by Crippen LogP contribution is -2.55. The summed E-state index contributed by atoms with van der Waals surface area (Å²) in [7, 11) is 0. The summed E-state index contributed by atoms with van der Waals surface area (Å²) in [6, 6.07) is 8.86. The Kier molecular flexibility index (Phi) is 5.26. The number of carbonyl (C=O) groups excluding carboxylic acids is 1. The number of nitrogens with zero attached hydrogens (tertiary/aromatic N) is 4. The second-order valence-electron chi connectivity index (χ2n) is 10.3. The number of halogens is 1. The van der Waals surface area contributed by atoms with Gasteiger partial charge >= 0.3 is 0 Å². The third kappa shape index (κ3) is 3.41. The van der Waals surface area contributed by atoms with E-state index in [0.717, 1.165) is 37.1 Å². The number of hydrogen-bond donors (Lipinski definition) is 1. The third-order valence-corrected chi connectivity index (χ3v) is 7.90. The minimum Gasteiger partial charge on any atom is -0.355 e. The second-order valence-corrected chi connectivity index (χ2v) is 10.3. The zero-order valence-electron chi connectivity index (χ0n) is 18.8. The van der Waals surface area contributed by atoms with E-state index >= 15 is 0 Å². The molecule has 4 aliphatic rings. The van der Waals surface area contributed by atoms with Crippen LogP contribution in [-0.2, 0) is 4.79 Å². The predicted octanol–water partition coefficient (Wildman–Crippen LogP) is 2.64. The normalized spacial score (nSPS) is 32.9. The van der Waals surface area contributed by atoms with Crippen molar-refractivity contribution in [2.24, 2.45) is 17.6 Å². The topological polar surface area (TPSA) is 76.6 Å². The highest BCUT2D eigenvalue weighted by Gasteiger charge is 2.55. The molecule has 0 spiro atoms. The number of hydrogen-bond acceptors (Lipinski definition) is 5. The van der Waals surface area contributed by atoms with E-state index in [0.29, 0.717) is 18.5 Å². The summed E-state index contributed by atoms with van der Waals surface area (Å²) in [6.07, 6.45) is 2.85. The van der Waals surface area contributed by atoms with Crippen molar-refractivity contribution in [3.8, 4) is 6.07 Å². The van der Waals surface area contributed by atoms with Gasteiger partial charge in [-0.15, -0.1) is 0 Å². The lowest BCUT2D eigenvalue weighted by molar-refractivity contribution is -0.140. The number of amides is 1. The molecule has 5 rings (SSSR count). The summed E-state index contributed by atoms with van der Waals surface area (Å²) in [6.45, 7) is 9.83. The summed E-state index contributed by atoms with van der Waals surface area (Å²) in [5.74, 6) is 0.713. The number of likely N-dealkylation sites (tertiary alicyclic amines) is 3. The zero-order valence-corrected chi connectivity index (χ0v) is 18.8. The van der Waals surface area contributed by atoms with Crippen molar-refractivity contribution in [2.75, 3.05) is 13.1 Å². The van der Waals surface area contributed by atoms with Crippen molar-refractivity contribution in [3.05, 3.63) is 47.9 Å². The van der Waals surface area contributed by atoms with Crippen molar-refractivity contribution in [2.45, 2.75) is 69.4 Å².